The van der Waals surface area contributed by atoms with Crippen LogP contribution in [0.25, 0.3) is 0 Å². The Balaban J connectivity index is 1.52. The second kappa shape index (κ2) is 10.8. The van der Waals surface area contributed by atoms with Gasteiger partial charge in [-0.3, -0.25) is 9.59 Å². The Kier molecular flexibility index (Phi) is 7.87. The number of carbonyl (C=O) groups is 2. The Hall–Kier alpha value is -2.84. The normalized spacial score (nSPS) is 10.6. The molecule has 0 radical (unpaired) electrons. The molecule has 0 aliphatic rings. The Morgan fingerprint density at radius 2 is 1.73 bits per heavy atom. The first kappa shape index (κ1) is 21.9. The first-order chi connectivity index (χ1) is 14.5. The van der Waals surface area contributed by atoms with Gasteiger partial charge in [-0.05, 0) is 37.3 Å². The number of halogens is 1. The highest BCUT2D eigenvalue weighted by atomic mass is 35.5. The van der Waals surface area contributed by atoms with Crippen LogP contribution in [0.2, 0.25) is 5.02 Å². The van der Waals surface area contributed by atoms with E-state index in [0.29, 0.717) is 35.3 Å². The van der Waals surface area contributed by atoms with Gasteiger partial charge in [-0.1, -0.05) is 47.6 Å². The molecule has 9 heteroatoms. The number of rotatable bonds is 9. The third-order valence-electron chi connectivity index (χ3n) is 4.18. The predicted octanol–water partition coefficient (Wildman–Crippen LogP) is 4.25. The molecule has 2 aromatic carbocycles. The lowest BCUT2D eigenvalue weighted by Gasteiger charge is -2.08. The van der Waals surface area contributed by atoms with Crippen LogP contribution >= 0.6 is 23.4 Å². The molecular formula is C21H22ClN5O2S. The number of para-hydroxylation sites is 1. The number of hydrogen-bond acceptors (Lipinski definition) is 5. The maximum absolute atomic E-state index is 12.2. The van der Waals surface area contributed by atoms with Crippen molar-refractivity contribution in [3.63, 3.8) is 0 Å². The molecule has 0 saturated carbocycles. The molecule has 7 nitrogen and oxygen atoms in total. The minimum absolute atomic E-state index is 0.0815. The highest BCUT2D eigenvalue weighted by molar-refractivity contribution is 7.99. The molecule has 0 fully saturated rings. The van der Waals surface area contributed by atoms with E-state index in [1.807, 2.05) is 41.8 Å². The molecule has 2 amide bonds. The number of thioether (sulfide) groups is 1. The molecule has 1 heterocycles. The van der Waals surface area contributed by atoms with Crippen LogP contribution in [-0.4, -0.2) is 32.3 Å². The zero-order chi connectivity index (χ0) is 21.3. The summed E-state index contributed by atoms with van der Waals surface area (Å²) in [7, 11) is 0. The zero-order valence-electron chi connectivity index (χ0n) is 16.5. The van der Waals surface area contributed by atoms with Crippen LogP contribution in [-0.2, 0) is 22.6 Å². The molecular weight excluding hydrogens is 422 g/mol. The Morgan fingerprint density at radius 3 is 2.47 bits per heavy atom. The topological polar surface area (TPSA) is 88.9 Å². The summed E-state index contributed by atoms with van der Waals surface area (Å²) in [4.78, 5) is 24.4. The summed E-state index contributed by atoms with van der Waals surface area (Å²) in [5, 5.41) is 15.3. The van der Waals surface area contributed by atoms with Crippen LogP contribution in [0.4, 0.5) is 11.4 Å². The molecule has 3 rings (SSSR count). The van der Waals surface area contributed by atoms with Crippen LogP contribution < -0.4 is 10.6 Å². The van der Waals surface area contributed by atoms with E-state index in [-0.39, 0.29) is 17.6 Å². The van der Waals surface area contributed by atoms with E-state index in [1.165, 1.54) is 11.8 Å². The first-order valence-electron chi connectivity index (χ1n) is 9.50. The lowest BCUT2D eigenvalue weighted by atomic mass is 10.2. The number of benzene rings is 2. The minimum Gasteiger partial charge on any atom is -0.326 e. The van der Waals surface area contributed by atoms with Crippen molar-refractivity contribution >= 4 is 46.6 Å². The summed E-state index contributed by atoms with van der Waals surface area (Å²) >= 11 is 7.24. The lowest BCUT2D eigenvalue weighted by Crippen LogP contribution is -2.15. The van der Waals surface area contributed by atoms with Crippen molar-refractivity contribution in [2.75, 3.05) is 16.4 Å². The zero-order valence-corrected chi connectivity index (χ0v) is 18.0. The van der Waals surface area contributed by atoms with Gasteiger partial charge in [0.25, 0.3) is 0 Å². The Bertz CT molecular complexity index is 1010. The molecule has 0 saturated heterocycles. The van der Waals surface area contributed by atoms with Gasteiger partial charge >= 0.3 is 0 Å². The average Bonchev–Trinajstić information content (AvgIpc) is 3.13. The summed E-state index contributed by atoms with van der Waals surface area (Å²) in [6.45, 7) is 2.63. The number of hydrogen-bond donors (Lipinski definition) is 2. The highest BCUT2D eigenvalue weighted by Crippen LogP contribution is 2.20. The van der Waals surface area contributed by atoms with E-state index in [2.05, 4.69) is 20.8 Å². The fourth-order valence-corrected chi connectivity index (χ4v) is 3.80. The molecule has 0 bridgehead atoms. The first-order valence-corrected chi connectivity index (χ1v) is 10.9. The van der Waals surface area contributed by atoms with Crippen molar-refractivity contribution < 1.29 is 9.59 Å². The van der Waals surface area contributed by atoms with Gasteiger partial charge in [0.1, 0.15) is 5.82 Å². The summed E-state index contributed by atoms with van der Waals surface area (Å²) in [5.74, 6) is 0.677. The van der Waals surface area contributed by atoms with Crippen molar-refractivity contribution in [3.05, 3.63) is 65.4 Å². The number of anilines is 2. The molecule has 2 N–H and O–H groups in total. The van der Waals surface area contributed by atoms with Gasteiger partial charge in [-0.15, -0.1) is 10.2 Å². The van der Waals surface area contributed by atoms with E-state index >= 15 is 0 Å². The van der Waals surface area contributed by atoms with E-state index in [0.717, 1.165) is 11.5 Å². The Morgan fingerprint density at radius 1 is 1.00 bits per heavy atom. The summed E-state index contributed by atoms with van der Waals surface area (Å²) in [5.41, 5.74) is 1.41. The van der Waals surface area contributed by atoms with Gasteiger partial charge in [-0.25, -0.2) is 0 Å². The lowest BCUT2D eigenvalue weighted by molar-refractivity contribution is -0.116. The van der Waals surface area contributed by atoms with Gasteiger partial charge in [-0.2, -0.15) is 0 Å². The molecule has 1 aromatic heterocycles. The summed E-state index contributed by atoms with van der Waals surface area (Å²) in [6.07, 6.45) is 0.766. The number of nitrogens with zero attached hydrogens (tertiary/aromatic N) is 3. The fraction of sp³-hybridized carbons (Fsp3) is 0.238. The standard InChI is InChI=1S/C21H22ClN5O2S/c1-2-27-18(11-12-19(28)23-16-8-4-3-5-9-16)25-26-21(27)30-14-20(29)24-17-10-6-7-15(22)13-17/h3-10,13H,2,11-12,14H2,1H3,(H,23,28)(H,24,29). The largest absolute Gasteiger partial charge is 0.326 e. The SMILES string of the molecule is CCn1c(CCC(=O)Nc2ccccc2)nnc1SCC(=O)Nc1cccc(Cl)c1. The number of aryl methyl sites for hydroxylation is 1. The summed E-state index contributed by atoms with van der Waals surface area (Å²) in [6, 6.07) is 16.3. The maximum atomic E-state index is 12.2. The quantitative estimate of drug-likeness (QED) is 0.482. The molecule has 0 spiro atoms. The number of amides is 2. The molecule has 0 unspecified atom stereocenters. The van der Waals surface area contributed by atoms with Crippen molar-refractivity contribution in [3.8, 4) is 0 Å². The van der Waals surface area contributed by atoms with Gasteiger partial charge in [0, 0.05) is 35.8 Å². The minimum atomic E-state index is -0.156. The fourth-order valence-electron chi connectivity index (χ4n) is 2.79. The van der Waals surface area contributed by atoms with Crippen LogP contribution in [0.5, 0.6) is 0 Å². The number of nitrogens with one attached hydrogen (secondary N) is 2. The molecule has 156 valence electrons. The van der Waals surface area contributed by atoms with Crippen LogP contribution in [0.15, 0.2) is 59.8 Å². The molecule has 0 aliphatic heterocycles. The predicted molar refractivity (Wildman–Crippen MR) is 120 cm³/mol. The average molecular weight is 444 g/mol. The van der Waals surface area contributed by atoms with E-state index in [1.54, 1.807) is 24.3 Å². The van der Waals surface area contributed by atoms with Crippen molar-refractivity contribution in [2.45, 2.75) is 31.5 Å². The van der Waals surface area contributed by atoms with Crippen LogP contribution in [0.1, 0.15) is 19.2 Å². The van der Waals surface area contributed by atoms with Crippen molar-refractivity contribution in [2.24, 2.45) is 0 Å². The number of aromatic nitrogens is 3. The second-order valence-corrected chi connectivity index (χ2v) is 7.78. The maximum Gasteiger partial charge on any atom is 0.234 e. The molecule has 30 heavy (non-hydrogen) atoms. The number of carbonyl (C=O) groups excluding carboxylic acids is 2. The van der Waals surface area contributed by atoms with E-state index < -0.39 is 0 Å². The van der Waals surface area contributed by atoms with Gasteiger partial charge in [0.15, 0.2) is 5.16 Å². The third kappa shape index (κ3) is 6.33. The Labute approximate surface area is 184 Å². The van der Waals surface area contributed by atoms with Crippen molar-refractivity contribution in [1.29, 1.82) is 0 Å². The molecule has 3 aromatic rings. The molecule has 0 atom stereocenters. The van der Waals surface area contributed by atoms with Crippen LogP contribution in [0, 0.1) is 0 Å². The van der Waals surface area contributed by atoms with Gasteiger partial charge in [0.2, 0.25) is 11.8 Å². The highest BCUT2D eigenvalue weighted by Gasteiger charge is 2.14. The smallest absolute Gasteiger partial charge is 0.234 e. The monoisotopic (exact) mass is 443 g/mol. The summed E-state index contributed by atoms with van der Waals surface area (Å²) < 4.78 is 1.92. The van der Waals surface area contributed by atoms with Crippen molar-refractivity contribution in [1.82, 2.24) is 14.8 Å². The molecule has 0 aliphatic carbocycles. The van der Waals surface area contributed by atoms with E-state index in [9.17, 15) is 9.59 Å². The van der Waals surface area contributed by atoms with Gasteiger partial charge in [0.05, 0.1) is 5.75 Å². The second-order valence-electron chi connectivity index (χ2n) is 6.40. The third-order valence-corrected chi connectivity index (χ3v) is 5.39. The van der Waals surface area contributed by atoms with Gasteiger partial charge < -0.3 is 15.2 Å². The van der Waals surface area contributed by atoms with E-state index in [4.69, 9.17) is 11.6 Å². The van der Waals surface area contributed by atoms with Crippen LogP contribution in [0.3, 0.4) is 0 Å².